The Kier molecular flexibility index (Phi) is 6.88. The van der Waals surface area contributed by atoms with E-state index in [-0.39, 0.29) is 11.0 Å². The number of alkyl halides is 6. The molecule has 0 radical (unpaired) electrons. The normalized spacial score (nSPS) is 12.6. The Morgan fingerprint density at radius 2 is 1.48 bits per heavy atom. The summed E-state index contributed by atoms with van der Waals surface area (Å²) in [7, 11) is -2.48. The van der Waals surface area contributed by atoms with Crippen molar-refractivity contribution in [3.63, 3.8) is 0 Å². The third-order valence-corrected chi connectivity index (χ3v) is 3.97. The Labute approximate surface area is 169 Å². The number of urea groups is 1. The van der Waals surface area contributed by atoms with Crippen molar-refractivity contribution in [1.29, 1.82) is 0 Å². The number of anilines is 1. The number of carbonyl (C=O) groups excluding carboxylic acids is 1. The topological polar surface area (TPSA) is 140 Å². The van der Waals surface area contributed by atoms with Crippen molar-refractivity contribution in [3.05, 3.63) is 35.9 Å². The van der Waals surface area contributed by atoms with Crippen LogP contribution in [0.4, 0.5) is 37.1 Å². The van der Waals surface area contributed by atoms with Crippen LogP contribution in [0.25, 0.3) is 0 Å². The predicted molar refractivity (Wildman–Crippen MR) is 87.4 cm³/mol. The molecule has 3 N–H and O–H groups in total. The van der Waals surface area contributed by atoms with Crippen LogP contribution >= 0.6 is 0 Å². The number of aromatic nitrogens is 2. The van der Waals surface area contributed by atoms with Gasteiger partial charge in [0.15, 0.2) is 11.0 Å². The van der Waals surface area contributed by atoms with Gasteiger partial charge in [-0.2, -0.15) is 9.97 Å². The van der Waals surface area contributed by atoms with Gasteiger partial charge in [-0.15, -0.1) is 26.3 Å². The number of carboxylic acid groups (broad SMARTS) is 1. The first-order valence-corrected chi connectivity index (χ1v) is 8.61. The Balaban J connectivity index is 2.23. The fourth-order valence-electron chi connectivity index (χ4n) is 1.87. The first kappa shape index (κ1) is 23.6. The number of hydrogen-bond acceptors (Lipinski definition) is 7. The molecule has 0 spiro atoms. The van der Waals surface area contributed by atoms with Gasteiger partial charge in [-0.25, -0.2) is 13.8 Å². The van der Waals surface area contributed by atoms with Gasteiger partial charge >= 0.3 is 24.7 Å². The van der Waals surface area contributed by atoms with Gasteiger partial charge in [-0.1, -0.05) is 12.1 Å². The number of carbonyl (C=O) groups is 2. The summed E-state index contributed by atoms with van der Waals surface area (Å²) in [4.78, 5) is 28.8. The van der Waals surface area contributed by atoms with E-state index in [0.717, 1.165) is 12.1 Å². The van der Waals surface area contributed by atoms with Crippen LogP contribution in [0.15, 0.2) is 35.2 Å². The first-order chi connectivity index (χ1) is 14.2. The second-order valence-electron chi connectivity index (χ2n) is 5.09. The smallest absolute Gasteiger partial charge is 0.478 e. The number of benzene rings is 1. The van der Waals surface area contributed by atoms with Crippen molar-refractivity contribution in [1.82, 2.24) is 14.7 Å². The molecule has 1 heterocycles. The van der Waals surface area contributed by atoms with Crippen molar-refractivity contribution in [2.24, 2.45) is 0 Å². The van der Waals surface area contributed by atoms with E-state index in [1.807, 2.05) is 0 Å². The summed E-state index contributed by atoms with van der Waals surface area (Å²) in [5.74, 6) is -5.51. The van der Waals surface area contributed by atoms with E-state index in [4.69, 9.17) is 5.11 Å². The SMILES string of the molecule is O=C(Nc1nc(OC(F)(F)F)cc(OC(F)(F)F)n1)NS(=O)c1ccccc1C(=O)O. The minimum Gasteiger partial charge on any atom is -0.478 e. The zero-order valence-corrected chi connectivity index (χ0v) is 15.3. The van der Waals surface area contributed by atoms with Crippen LogP contribution < -0.4 is 19.5 Å². The molecule has 168 valence electrons. The molecule has 1 aromatic heterocycles. The van der Waals surface area contributed by atoms with Crippen molar-refractivity contribution in [2.75, 3.05) is 5.32 Å². The number of nitrogens with zero attached hydrogens (tertiary/aromatic N) is 2. The van der Waals surface area contributed by atoms with E-state index < -0.39 is 59.0 Å². The van der Waals surface area contributed by atoms with Crippen molar-refractivity contribution in [3.8, 4) is 11.8 Å². The van der Waals surface area contributed by atoms with Crippen LogP contribution in [-0.4, -0.2) is 44.0 Å². The van der Waals surface area contributed by atoms with Gasteiger partial charge in [0.2, 0.25) is 17.7 Å². The number of nitrogens with one attached hydrogen (secondary N) is 2. The molecule has 1 atom stereocenters. The number of ether oxygens (including phenoxy) is 2. The average molecular weight is 474 g/mol. The maximum absolute atomic E-state index is 12.3. The van der Waals surface area contributed by atoms with Crippen molar-refractivity contribution in [2.45, 2.75) is 17.6 Å². The molecule has 0 bridgehead atoms. The summed E-state index contributed by atoms with van der Waals surface area (Å²) in [6.07, 6.45) is -10.7. The molecule has 0 aliphatic carbocycles. The Hall–Kier alpha value is -3.63. The molecule has 0 saturated carbocycles. The largest absolute Gasteiger partial charge is 0.574 e. The van der Waals surface area contributed by atoms with E-state index in [2.05, 4.69) is 19.4 Å². The van der Waals surface area contributed by atoms with Crippen LogP contribution in [0.2, 0.25) is 0 Å². The second-order valence-corrected chi connectivity index (χ2v) is 6.27. The summed E-state index contributed by atoms with van der Waals surface area (Å²) < 4.78 is 94.7. The van der Waals surface area contributed by atoms with Gasteiger partial charge in [0.05, 0.1) is 16.5 Å². The quantitative estimate of drug-likeness (QED) is 0.543. The lowest BCUT2D eigenvalue weighted by Gasteiger charge is -2.13. The van der Waals surface area contributed by atoms with Gasteiger partial charge in [0, 0.05) is 0 Å². The lowest BCUT2D eigenvalue weighted by Crippen LogP contribution is -2.32. The van der Waals surface area contributed by atoms with Crippen LogP contribution in [0.5, 0.6) is 11.8 Å². The van der Waals surface area contributed by atoms with Gasteiger partial charge in [-0.05, 0) is 12.1 Å². The Morgan fingerprint density at radius 1 is 0.968 bits per heavy atom. The number of aromatic carboxylic acids is 1. The second kappa shape index (κ2) is 9.02. The number of carboxylic acids is 1. The zero-order valence-electron chi connectivity index (χ0n) is 14.4. The summed E-state index contributed by atoms with van der Waals surface area (Å²) in [5, 5.41) is 10.7. The summed E-state index contributed by atoms with van der Waals surface area (Å²) in [6, 6.07) is 3.40. The van der Waals surface area contributed by atoms with E-state index >= 15 is 0 Å². The van der Waals surface area contributed by atoms with Gasteiger partial charge < -0.3 is 14.6 Å². The highest BCUT2D eigenvalue weighted by Gasteiger charge is 2.35. The van der Waals surface area contributed by atoms with Crippen LogP contribution in [0.3, 0.4) is 0 Å². The van der Waals surface area contributed by atoms with Crippen LogP contribution in [-0.2, 0) is 11.0 Å². The summed E-state index contributed by atoms with van der Waals surface area (Å²) in [5.41, 5.74) is -0.432. The van der Waals surface area contributed by atoms with Crippen molar-refractivity contribution >= 4 is 28.9 Å². The highest BCUT2D eigenvalue weighted by Crippen LogP contribution is 2.28. The maximum Gasteiger partial charge on any atom is 0.574 e. The fraction of sp³-hybridized carbons (Fsp3) is 0.143. The standard InChI is InChI=1S/C14H8F6N4O6S/c15-13(16,17)29-8-5-9(30-14(18,19)20)22-11(21-8)23-12(27)24-31(28)7-4-2-1-3-6(7)10(25)26/h1-5H,(H,25,26)(H2,21,22,23,24,27). The Bertz CT molecular complexity index is 981. The van der Waals surface area contributed by atoms with E-state index in [1.165, 1.54) is 12.1 Å². The van der Waals surface area contributed by atoms with Crippen LogP contribution in [0, 0.1) is 0 Å². The van der Waals surface area contributed by atoms with Gasteiger partial charge in [0.1, 0.15) is 0 Å². The van der Waals surface area contributed by atoms with E-state index in [0.29, 0.717) is 0 Å². The lowest BCUT2D eigenvalue weighted by molar-refractivity contribution is -0.278. The molecular formula is C14H8F6N4O6S. The molecule has 0 saturated heterocycles. The number of hydrogen-bond donors (Lipinski definition) is 3. The minimum atomic E-state index is -5.34. The predicted octanol–water partition coefficient (Wildman–Crippen LogP) is 2.82. The molecule has 2 rings (SSSR count). The van der Waals surface area contributed by atoms with E-state index in [1.54, 1.807) is 10.0 Å². The third-order valence-electron chi connectivity index (χ3n) is 2.85. The molecule has 0 aliphatic rings. The molecule has 17 heteroatoms. The molecule has 1 aromatic carbocycles. The zero-order chi connectivity index (χ0) is 23.4. The number of rotatable bonds is 6. The molecule has 10 nitrogen and oxygen atoms in total. The summed E-state index contributed by atoms with van der Waals surface area (Å²) >= 11 is 0. The summed E-state index contributed by atoms with van der Waals surface area (Å²) in [6.45, 7) is 0. The lowest BCUT2D eigenvalue weighted by atomic mass is 10.2. The molecule has 0 aliphatic heterocycles. The first-order valence-electron chi connectivity index (χ1n) is 7.46. The average Bonchev–Trinajstić information content (AvgIpc) is 2.58. The van der Waals surface area contributed by atoms with Gasteiger partial charge in [-0.3, -0.25) is 10.0 Å². The number of halogens is 6. The van der Waals surface area contributed by atoms with Crippen molar-refractivity contribution < 1.29 is 54.7 Å². The molecule has 1 unspecified atom stereocenters. The van der Waals surface area contributed by atoms with Crippen LogP contribution in [0.1, 0.15) is 10.4 Å². The Morgan fingerprint density at radius 3 is 1.97 bits per heavy atom. The monoisotopic (exact) mass is 474 g/mol. The highest BCUT2D eigenvalue weighted by atomic mass is 32.2. The maximum atomic E-state index is 12.3. The third kappa shape index (κ3) is 7.61. The molecule has 31 heavy (non-hydrogen) atoms. The van der Waals surface area contributed by atoms with Gasteiger partial charge in [0.25, 0.3) is 0 Å². The molecule has 0 fully saturated rings. The number of amides is 2. The highest BCUT2D eigenvalue weighted by molar-refractivity contribution is 7.83. The van der Waals surface area contributed by atoms with E-state index in [9.17, 15) is 40.1 Å². The molecular weight excluding hydrogens is 466 g/mol. The molecule has 2 aromatic rings. The minimum absolute atomic E-state index is 0.0608. The fourth-order valence-corrected chi connectivity index (χ4v) is 2.76. The molecule has 2 amide bonds.